The molecule has 1 aromatic heterocycles. The quantitative estimate of drug-likeness (QED) is 0.553. The Morgan fingerprint density at radius 3 is 2.56 bits per heavy atom. The minimum Gasteiger partial charge on any atom is -0.356 e. The number of carbonyl (C=O) groups is 2. The molecule has 1 aliphatic rings. The second-order valence-corrected chi connectivity index (χ2v) is 8.60. The number of carbonyl (C=O) groups excluding carboxylic acids is 2. The molecule has 0 radical (unpaired) electrons. The molecule has 0 atom stereocenters. The van der Waals surface area contributed by atoms with Crippen LogP contribution in [0.4, 0.5) is 0 Å². The van der Waals surface area contributed by atoms with Crippen molar-refractivity contribution in [1.29, 1.82) is 0 Å². The number of rotatable bonds is 8. The van der Waals surface area contributed by atoms with Crippen molar-refractivity contribution < 1.29 is 9.59 Å². The maximum absolute atomic E-state index is 12.9. The minimum atomic E-state index is 0.0353. The summed E-state index contributed by atoms with van der Waals surface area (Å²) in [5.41, 5.74) is 4.10. The van der Waals surface area contributed by atoms with Crippen LogP contribution in [-0.4, -0.2) is 45.9 Å². The lowest BCUT2D eigenvalue weighted by molar-refractivity contribution is -0.132. The minimum absolute atomic E-state index is 0.0353. The van der Waals surface area contributed by atoms with Crippen LogP contribution in [-0.2, 0) is 29.0 Å². The topological polar surface area (TPSA) is 67.2 Å². The van der Waals surface area contributed by atoms with Crippen molar-refractivity contribution >= 4 is 22.8 Å². The number of nitrogens with one attached hydrogen (secondary N) is 1. The van der Waals surface area contributed by atoms with Gasteiger partial charge in [-0.05, 0) is 55.9 Å². The number of hydrogen-bond donors (Lipinski definition) is 1. The van der Waals surface area contributed by atoms with Crippen molar-refractivity contribution in [3.8, 4) is 0 Å². The number of para-hydroxylation sites is 2. The number of fused-ring (bicyclic) bond motifs is 1. The van der Waals surface area contributed by atoms with Gasteiger partial charge in [0.15, 0.2) is 0 Å². The number of likely N-dealkylation sites (tertiary alicyclic amines) is 1. The van der Waals surface area contributed by atoms with Gasteiger partial charge in [-0.3, -0.25) is 9.59 Å². The molecule has 0 aliphatic carbocycles. The average molecular weight is 433 g/mol. The first-order chi connectivity index (χ1) is 15.6. The first-order valence-corrected chi connectivity index (χ1v) is 11.6. The summed E-state index contributed by atoms with van der Waals surface area (Å²) in [7, 11) is 0. The zero-order chi connectivity index (χ0) is 22.3. The zero-order valence-electron chi connectivity index (χ0n) is 18.8. The number of imidazole rings is 1. The normalized spacial score (nSPS) is 14.0. The molecule has 0 bridgehead atoms. The van der Waals surface area contributed by atoms with Crippen LogP contribution in [0.3, 0.4) is 0 Å². The molecular formula is C26H32N4O2. The van der Waals surface area contributed by atoms with Crippen molar-refractivity contribution in [1.82, 2.24) is 19.8 Å². The van der Waals surface area contributed by atoms with Crippen molar-refractivity contribution in [2.24, 2.45) is 0 Å². The van der Waals surface area contributed by atoms with E-state index < -0.39 is 0 Å². The second-order valence-electron chi connectivity index (χ2n) is 8.60. The molecule has 1 N–H and O–H groups in total. The van der Waals surface area contributed by atoms with Gasteiger partial charge in [0.25, 0.3) is 0 Å². The molecular weight excluding hydrogens is 400 g/mol. The molecule has 6 heteroatoms. The summed E-state index contributed by atoms with van der Waals surface area (Å²) in [6, 6.07) is 16.0. The van der Waals surface area contributed by atoms with E-state index in [2.05, 4.69) is 9.88 Å². The Hall–Kier alpha value is -3.15. The number of hydrogen-bond acceptors (Lipinski definition) is 3. The van der Waals surface area contributed by atoms with Gasteiger partial charge in [-0.25, -0.2) is 4.98 Å². The fraction of sp³-hybridized carbons (Fsp3) is 0.423. The van der Waals surface area contributed by atoms with Crippen molar-refractivity contribution in [3.63, 3.8) is 0 Å². The maximum Gasteiger partial charge on any atom is 0.242 e. The Morgan fingerprint density at radius 2 is 1.75 bits per heavy atom. The highest BCUT2D eigenvalue weighted by Crippen LogP contribution is 2.18. The van der Waals surface area contributed by atoms with Crippen molar-refractivity contribution in [2.45, 2.75) is 52.0 Å². The van der Waals surface area contributed by atoms with E-state index in [0.29, 0.717) is 25.9 Å². The lowest BCUT2D eigenvalue weighted by Crippen LogP contribution is -2.38. The molecule has 4 rings (SSSR count). The van der Waals surface area contributed by atoms with Gasteiger partial charge in [0.05, 0.1) is 17.5 Å². The van der Waals surface area contributed by atoms with Crippen LogP contribution in [0.25, 0.3) is 11.0 Å². The summed E-state index contributed by atoms with van der Waals surface area (Å²) in [5.74, 6) is 1.11. The molecule has 1 aliphatic heterocycles. The number of aryl methyl sites for hydroxylation is 2. The first-order valence-electron chi connectivity index (χ1n) is 11.6. The fourth-order valence-corrected chi connectivity index (χ4v) is 4.39. The molecule has 32 heavy (non-hydrogen) atoms. The number of benzene rings is 2. The Balaban J connectivity index is 1.36. The van der Waals surface area contributed by atoms with E-state index >= 15 is 0 Å². The molecule has 1 fully saturated rings. The van der Waals surface area contributed by atoms with Crippen molar-refractivity contribution in [2.75, 3.05) is 19.6 Å². The summed E-state index contributed by atoms with van der Waals surface area (Å²) >= 11 is 0. The highest BCUT2D eigenvalue weighted by Gasteiger charge is 2.19. The molecule has 0 saturated carbocycles. The highest BCUT2D eigenvalue weighted by molar-refractivity contribution is 5.81. The van der Waals surface area contributed by atoms with Gasteiger partial charge in [0, 0.05) is 26.1 Å². The van der Waals surface area contributed by atoms with Gasteiger partial charge >= 0.3 is 0 Å². The number of amides is 2. The Labute approximate surface area is 189 Å². The fourth-order valence-electron chi connectivity index (χ4n) is 4.39. The second kappa shape index (κ2) is 10.4. The summed E-state index contributed by atoms with van der Waals surface area (Å²) in [5, 5.41) is 3.02. The SMILES string of the molecule is Cc1ccccc1CC(=O)NCCCc1nc2ccccc2n1CC(=O)N1CCCCC1. The zero-order valence-corrected chi connectivity index (χ0v) is 18.8. The molecule has 6 nitrogen and oxygen atoms in total. The molecule has 2 aromatic carbocycles. The van der Waals surface area contributed by atoms with Crippen molar-refractivity contribution in [3.05, 3.63) is 65.5 Å². The van der Waals surface area contributed by atoms with E-state index in [4.69, 9.17) is 4.98 Å². The monoisotopic (exact) mass is 432 g/mol. The molecule has 2 amide bonds. The molecule has 3 aromatic rings. The molecule has 0 unspecified atom stereocenters. The van der Waals surface area contributed by atoms with Gasteiger partial charge in [-0.2, -0.15) is 0 Å². The van der Waals surface area contributed by atoms with Crippen LogP contribution in [0.15, 0.2) is 48.5 Å². The van der Waals surface area contributed by atoms with Crippen LogP contribution in [0.2, 0.25) is 0 Å². The summed E-state index contributed by atoms with van der Waals surface area (Å²) in [4.78, 5) is 32.0. The summed E-state index contributed by atoms with van der Waals surface area (Å²) in [6.45, 7) is 4.66. The van der Waals surface area contributed by atoms with Gasteiger partial charge in [-0.1, -0.05) is 36.4 Å². The van der Waals surface area contributed by atoms with Gasteiger partial charge in [-0.15, -0.1) is 0 Å². The van der Waals surface area contributed by atoms with Crippen LogP contribution >= 0.6 is 0 Å². The van der Waals surface area contributed by atoms with E-state index in [1.54, 1.807) is 0 Å². The number of piperidine rings is 1. The average Bonchev–Trinajstić information content (AvgIpc) is 3.16. The van der Waals surface area contributed by atoms with Crippen LogP contribution in [0.5, 0.6) is 0 Å². The molecule has 168 valence electrons. The maximum atomic E-state index is 12.9. The summed E-state index contributed by atoms with van der Waals surface area (Å²) in [6.07, 6.45) is 5.28. The Morgan fingerprint density at radius 1 is 1.00 bits per heavy atom. The predicted octanol–water partition coefficient (Wildman–Crippen LogP) is 3.65. The number of nitrogens with zero attached hydrogens (tertiary/aromatic N) is 3. The van der Waals surface area contributed by atoms with Gasteiger partial charge < -0.3 is 14.8 Å². The van der Waals surface area contributed by atoms with Crippen LogP contribution in [0.1, 0.15) is 42.6 Å². The molecule has 0 spiro atoms. The van der Waals surface area contributed by atoms with Gasteiger partial charge in [0.1, 0.15) is 12.4 Å². The third-order valence-electron chi connectivity index (χ3n) is 6.25. The largest absolute Gasteiger partial charge is 0.356 e. The number of aromatic nitrogens is 2. The molecule has 1 saturated heterocycles. The van der Waals surface area contributed by atoms with E-state index in [0.717, 1.165) is 60.3 Å². The summed E-state index contributed by atoms with van der Waals surface area (Å²) < 4.78 is 2.06. The van der Waals surface area contributed by atoms with Crippen LogP contribution in [0, 0.1) is 6.92 Å². The Kier molecular flexibility index (Phi) is 7.20. The van der Waals surface area contributed by atoms with E-state index in [-0.39, 0.29) is 11.8 Å². The van der Waals surface area contributed by atoms with E-state index in [1.165, 1.54) is 6.42 Å². The first kappa shape index (κ1) is 22.1. The van der Waals surface area contributed by atoms with Crippen LogP contribution < -0.4 is 5.32 Å². The highest BCUT2D eigenvalue weighted by atomic mass is 16.2. The lowest BCUT2D eigenvalue weighted by Gasteiger charge is -2.27. The third kappa shape index (κ3) is 5.36. The smallest absolute Gasteiger partial charge is 0.242 e. The van der Waals surface area contributed by atoms with Gasteiger partial charge in [0.2, 0.25) is 11.8 Å². The molecule has 2 heterocycles. The van der Waals surface area contributed by atoms with E-state index in [9.17, 15) is 9.59 Å². The predicted molar refractivity (Wildman–Crippen MR) is 126 cm³/mol. The lowest BCUT2D eigenvalue weighted by atomic mass is 10.1. The van der Waals surface area contributed by atoms with E-state index in [1.807, 2.05) is 60.4 Å². The third-order valence-corrected chi connectivity index (χ3v) is 6.25. The Bertz CT molecular complexity index is 1080. The standard InChI is InChI=1S/C26H32N4O2/c1-20-10-3-4-11-21(20)18-25(31)27-15-9-14-24-28-22-12-5-6-13-23(22)30(24)19-26(32)29-16-7-2-8-17-29/h3-6,10-13H,2,7-9,14-19H2,1H3,(H,27,31).